The van der Waals surface area contributed by atoms with Crippen molar-refractivity contribution in [2.24, 2.45) is 4.99 Å². The third-order valence-corrected chi connectivity index (χ3v) is 2.09. The number of aliphatic hydroxyl groups is 2. The Hall–Kier alpha value is -1.32. The van der Waals surface area contributed by atoms with Gasteiger partial charge in [0.2, 0.25) is 12.2 Å². The quantitative estimate of drug-likeness (QED) is 0.249. The molecule has 0 spiro atoms. The van der Waals surface area contributed by atoms with Crippen LogP contribution in [0.1, 0.15) is 6.42 Å². The summed E-state index contributed by atoms with van der Waals surface area (Å²) in [4.78, 5) is 5.20. The molecular formula is C8H14N4O2. The van der Waals surface area contributed by atoms with E-state index in [9.17, 15) is 10.2 Å². The summed E-state index contributed by atoms with van der Waals surface area (Å²) in [7, 11) is 1.64. The second-order valence-electron chi connectivity index (χ2n) is 3.23. The normalized spacial score (nSPS) is 28.4. The lowest BCUT2D eigenvalue weighted by Crippen LogP contribution is -2.51. The molecule has 14 heavy (non-hydrogen) atoms. The minimum Gasteiger partial charge on any atom is -0.391 e. The molecule has 0 saturated carbocycles. The fourth-order valence-electron chi connectivity index (χ4n) is 1.55. The van der Waals surface area contributed by atoms with Crippen LogP contribution in [0, 0.1) is 11.5 Å². The van der Waals surface area contributed by atoms with Crippen LogP contribution in [0.2, 0.25) is 0 Å². The fourth-order valence-corrected chi connectivity index (χ4v) is 1.55. The largest absolute Gasteiger partial charge is 0.391 e. The maximum atomic E-state index is 9.40. The molecule has 0 aromatic carbocycles. The van der Waals surface area contributed by atoms with Crippen LogP contribution >= 0.6 is 0 Å². The Morgan fingerprint density at radius 2 is 2.07 bits per heavy atom. The number of hydrogen-bond acceptors (Lipinski definition) is 4. The van der Waals surface area contributed by atoms with E-state index in [4.69, 9.17) is 5.26 Å². The summed E-state index contributed by atoms with van der Waals surface area (Å²) in [6, 6.07) is 0. The third-order valence-electron chi connectivity index (χ3n) is 2.09. The average molecular weight is 198 g/mol. The number of aliphatic imine (C=N–C) groups is 1. The van der Waals surface area contributed by atoms with Crippen LogP contribution in [0.15, 0.2) is 4.99 Å². The highest BCUT2D eigenvalue weighted by Crippen LogP contribution is 2.10. The Morgan fingerprint density at radius 1 is 1.50 bits per heavy atom. The molecule has 6 heteroatoms. The SMILES string of the molecule is CN/C(=N/C#N)N1C[C@H](O)C[C@H](O)C1. The zero-order chi connectivity index (χ0) is 10.6. The molecule has 1 aliphatic rings. The predicted octanol–water partition coefficient (Wildman–Crippen LogP) is -1.53. The molecule has 1 heterocycles. The van der Waals surface area contributed by atoms with Gasteiger partial charge in [0.05, 0.1) is 12.2 Å². The van der Waals surface area contributed by atoms with E-state index in [0.29, 0.717) is 25.5 Å². The van der Waals surface area contributed by atoms with Crippen molar-refractivity contribution in [1.29, 1.82) is 5.26 Å². The minimum atomic E-state index is -0.573. The molecule has 0 unspecified atom stereocenters. The molecular weight excluding hydrogens is 184 g/mol. The van der Waals surface area contributed by atoms with Gasteiger partial charge in [-0.15, -0.1) is 4.99 Å². The monoisotopic (exact) mass is 198 g/mol. The lowest BCUT2D eigenvalue weighted by Gasteiger charge is -2.34. The summed E-state index contributed by atoms with van der Waals surface area (Å²) in [6.07, 6.45) is 0.895. The number of nitrogens with one attached hydrogen (secondary N) is 1. The van der Waals surface area contributed by atoms with Gasteiger partial charge in [-0.2, -0.15) is 5.26 Å². The van der Waals surface area contributed by atoms with E-state index in [0.717, 1.165) is 0 Å². The summed E-state index contributed by atoms with van der Waals surface area (Å²) in [5.41, 5.74) is 0. The van der Waals surface area contributed by atoms with Crippen molar-refractivity contribution in [3.63, 3.8) is 0 Å². The number of guanidine groups is 1. The molecule has 0 aliphatic carbocycles. The first-order chi connectivity index (χ1) is 6.67. The maximum absolute atomic E-state index is 9.40. The molecule has 1 fully saturated rings. The van der Waals surface area contributed by atoms with Gasteiger partial charge in [0, 0.05) is 26.6 Å². The third kappa shape index (κ3) is 2.58. The van der Waals surface area contributed by atoms with Gasteiger partial charge in [-0.1, -0.05) is 0 Å². The summed E-state index contributed by atoms with van der Waals surface area (Å²) in [5.74, 6) is 0.380. The summed E-state index contributed by atoms with van der Waals surface area (Å²) in [5, 5.41) is 29.9. The van der Waals surface area contributed by atoms with Crippen LogP contribution in [-0.2, 0) is 0 Å². The maximum Gasteiger partial charge on any atom is 0.209 e. The van der Waals surface area contributed by atoms with E-state index < -0.39 is 12.2 Å². The van der Waals surface area contributed by atoms with Crippen molar-refractivity contribution in [3.8, 4) is 6.19 Å². The second kappa shape index (κ2) is 4.79. The van der Waals surface area contributed by atoms with E-state index in [1.165, 1.54) is 0 Å². The molecule has 1 aliphatic heterocycles. The molecule has 0 bridgehead atoms. The fraction of sp³-hybridized carbons (Fsp3) is 0.750. The van der Waals surface area contributed by atoms with Gasteiger partial charge in [0.25, 0.3) is 0 Å². The van der Waals surface area contributed by atoms with Gasteiger partial charge in [-0.05, 0) is 0 Å². The minimum absolute atomic E-state index is 0.375. The number of aliphatic hydroxyl groups excluding tert-OH is 2. The van der Waals surface area contributed by atoms with Gasteiger partial charge >= 0.3 is 0 Å². The van der Waals surface area contributed by atoms with Crippen molar-refractivity contribution in [1.82, 2.24) is 10.2 Å². The van der Waals surface area contributed by atoms with Crippen LogP contribution < -0.4 is 5.32 Å². The Labute approximate surface area is 82.5 Å². The van der Waals surface area contributed by atoms with Crippen molar-refractivity contribution in [3.05, 3.63) is 0 Å². The van der Waals surface area contributed by atoms with Gasteiger partial charge in [0.15, 0.2) is 0 Å². The van der Waals surface area contributed by atoms with Crippen molar-refractivity contribution >= 4 is 5.96 Å². The van der Waals surface area contributed by atoms with E-state index in [-0.39, 0.29) is 0 Å². The number of nitriles is 1. The smallest absolute Gasteiger partial charge is 0.209 e. The van der Waals surface area contributed by atoms with Crippen molar-refractivity contribution < 1.29 is 10.2 Å². The molecule has 2 atom stereocenters. The zero-order valence-electron chi connectivity index (χ0n) is 8.01. The predicted molar refractivity (Wildman–Crippen MR) is 50.3 cm³/mol. The lowest BCUT2D eigenvalue weighted by molar-refractivity contribution is 0.0159. The zero-order valence-corrected chi connectivity index (χ0v) is 8.01. The molecule has 78 valence electrons. The van der Waals surface area contributed by atoms with E-state index in [1.807, 2.05) is 0 Å². The molecule has 1 rings (SSSR count). The number of likely N-dealkylation sites (tertiary alicyclic amines) is 1. The summed E-state index contributed by atoms with van der Waals surface area (Å²) < 4.78 is 0. The van der Waals surface area contributed by atoms with Crippen LogP contribution in [0.3, 0.4) is 0 Å². The van der Waals surface area contributed by atoms with Gasteiger partial charge in [-0.25, -0.2) is 0 Å². The van der Waals surface area contributed by atoms with E-state index in [1.54, 1.807) is 18.1 Å². The number of hydrogen-bond donors (Lipinski definition) is 3. The first kappa shape index (κ1) is 10.8. The standard InChI is InChI=1S/C8H14N4O2/c1-10-8(11-5-9)12-3-6(13)2-7(14)4-12/h6-7,13-14H,2-4H2,1H3,(H,10,11)/t6-,7+. The van der Waals surface area contributed by atoms with E-state index in [2.05, 4.69) is 10.3 Å². The highest BCUT2D eigenvalue weighted by atomic mass is 16.3. The first-order valence-electron chi connectivity index (χ1n) is 4.43. The number of nitrogens with zero attached hydrogens (tertiary/aromatic N) is 3. The van der Waals surface area contributed by atoms with Gasteiger partial charge in [-0.3, -0.25) is 0 Å². The van der Waals surface area contributed by atoms with Gasteiger partial charge < -0.3 is 20.4 Å². The average Bonchev–Trinajstić information content (AvgIpc) is 2.12. The molecule has 0 radical (unpaired) electrons. The molecule has 1 saturated heterocycles. The Kier molecular flexibility index (Phi) is 3.68. The number of β-amino-alcohol motifs (C(OH)–C–C–N with tert-alkyl or cyclic N) is 2. The number of rotatable bonds is 0. The molecule has 6 nitrogen and oxygen atoms in total. The van der Waals surface area contributed by atoms with Crippen molar-refractivity contribution in [2.75, 3.05) is 20.1 Å². The van der Waals surface area contributed by atoms with Crippen LogP contribution in [0.25, 0.3) is 0 Å². The topological polar surface area (TPSA) is 91.9 Å². The highest BCUT2D eigenvalue weighted by Gasteiger charge is 2.26. The van der Waals surface area contributed by atoms with Crippen LogP contribution in [0.4, 0.5) is 0 Å². The Morgan fingerprint density at radius 3 is 2.50 bits per heavy atom. The second-order valence-corrected chi connectivity index (χ2v) is 3.23. The van der Waals surface area contributed by atoms with E-state index >= 15 is 0 Å². The Bertz CT molecular complexity index is 251. The first-order valence-corrected chi connectivity index (χ1v) is 4.43. The number of piperidine rings is 1. The highest BCUT2D eigenvalue weighted by molar-refractivity contribution is 5.80. The van der Waals surface area contributed by atoms with Crippen LogP contribution in [-0.4, -0.2) is 53.4 Å². The van der Waals surface area contributed by atoms with Crippen molar-refractivity contribution in [2.45, 2.75) is 18.6 Å². The van der Waals surface area contributed by atoms with Crippen LogP contribution in [0.5, 0.6) is 0 Å². The Balaban J connectivity index is 2.67. The molecule has 3 N–H and O–H groups in total. The summed E-state index contributed by atoms with van der Waals surface area (Å²) >= 11 is 0. The molecule has 0 aromatic heterocycles. The molecule has 0 aromatic rings. The summed E-state index contributed by atoms with van der Waals surface area (Å²) in [6.45, 7) is 0.775. The van der Waals surface area contributed by atoms with Gasteiger partial charge in [0.1, 0.15) is 0 Å². The molecule has 0 amide bonds. The lowest BCUT2D eigenvalue weighted by atomic mass is 10.1.